The summed E-state index contributed by atoms with van der Waals surface area (Å²) in [4.78, 5) is 25.6. The van der Waals surface area contributed by atoms with E-state index in [0.717, 1.165) is 0 Å². The Morgan fingerprint density at radius 2 is 1.86 bits per heavy atom. The van der Waals surface area contributed by atoms with Crippen LogP contribution in [0.5, 0.6) is 0 Å². The van der Waals surface area contributed by atoms with Gasteiger partial charge in [0.15, 0.2) is 0 Å². The molecule has 5 heteroatoms. The summed E-state index contributed by atoms with van der Waals surface area (Å²) in [5.74, 6) is -1.94. The largest absolute Gasteiger partial charge is 0.481 e. The first-order chi connectivity index (χ1) is 10.6. The number of nitrogens with zero attached hydrogens (tertiary/aromatic N) is 2. The highest BCUT2D eigenvalue weighted by Gasteiger charge is 2.35. The summed E-state index contributed by atoms with van der Waals surface area (Å²) in [7, 11) is 0. The lowest BCUT2D eigenvalue weighted by atomic mass is 9.89. The maximum absolute atomic E-state index is 12.6. The second-order valence-electron chi connectivity index (χ2n) is 5.05. The second kappa shape index (κ2) is 5.34. The average molecular weight is 292 g/mol. The van der Waals surface area contributed by atoms with E-state index in [2.05, 4.69) is 0 Å². The van der Waals surface area contributed by atoms with Crippen molar-refractivity contribution >= 4 is 17.6 Å². The third-order valence-electron chi connectivity index (χ3n) is 3.78. The molecule has 1 aliphatic heterocycles. The summed E-state index contributed by atoms with van der Waals surface area (Å²) in [6, 6.07) is 15.3. The monoisotopic (exact) mass is 292 g/mol. The average Bonchev–Trinajstić information content (AvgIpc) is 2.55. The molecule has 0 spiro atoms. The maximum atomic E-state index is 12.6. The van der Waals surface area contributed by atoms with Crippen LogP contribution in [0, 0.1) is 11.3 Å². The molecule has 3 rings (SSSR count). The molecule has 1 amide bonds. The first-order valence-corrected chi connectivity index (χ1v) is 6.75. The third-order valence-corrected chi connectivity index (χ3v) is 3.78. The molecule has 0 aromatic heterocycles. The topological polar surface area (TPSA) is 81.4 Å². The Balaban J connectivity index is 2.05. The molecule has 1 unspecified atom stereocenters. The van der Waals surface area contributed by atoms with Crippen molar-refractivity contribution in [3.63, 3.8) is 0 Å². The molecule has 108 valence electrons. The molecule has 0 radical (unpaired) electrons. The summed E-state index contributed by atoms with van der Waals surface area (Å²) in [5.41, 5.74) is 2.03. The second-order valence-corrected chi connectivity index (χ2v) is 5.05. The number of anilines is 1. The van der Waals surface area contributed by atoms with E-state index in [4.69, 9.17) is 5.26 Å². The zero-order valence-electron chi connectivity index (χ0n) is 11.6. The van der Waals surface area contributed by atoms with E-state index in [0.29, 0.717) is 22.4 Å². The highest BCUT2D eigenvalue weighted by Crippen LogP contribution is 2.31. The van der Waals surface area contributed by atoms with Crippen molar-refractivity contribution in [2.45, 2.75) is 5.92 Å². The number of carboxylic acid groups (broad SMARTS) is 1. The third kappa shape index (κ3) is 2.21. The smallest absolute Gasteiger partial charge is 0.312 e. The molecule has 0 saturated heterocycles. The van der Waals surface area contributed by atoms with Crippen LogP contribution in [0.1, 0.15) is 27.4 Å². The fraction of sp³-hybridized carbons (Fsp3) is 0.118. The molecule has 5 nitrogen and oxygen atoms in total. The number of nitriles is 1. The van der Waals surface area contributed by atoms with E-state index >= 15 is 0 Å². The van der Waals surface area contributed by atoms with Gasteiger partial charge in [0.05, 0.1) is 11.6 Å². The maximum Gasteiger partial charge on any atom is 0.312 e. The van der Waals surface area contributed by atoms with Gasteiger partial charge in [0, 0.05) is 17.8 Å². The summed E-state index contributed by atoms with van der Waals surface area (Å²) in [5, 5.41) is 18.3. The van der Waals surface area contributed by atoms with Gasteiger partial charge in [-0.15, -0.1) is 0 Å². The summed E-state index contributed by atoms with van der Waals surface area (Å²) < 4.78 is 0. The number of hydrogen-bond donors (Lipinski definition) is 1. The van der Waals surface area contributed by atoms with Crippen molar-refractivity contribution in [3.8, 4) is 6.07 Å². The molecule has 0 fully saturated rings. The Kier molecular flexibility index (Phi) is 3.36. The quantitative estimate of drug-likeness (QED) is 0.921. The van der Waals surface area contributed by atoms with Crippen LogP contribution < -0.4 is 4.90 Å². The van der Waals surface area contributed by atoms with Crippen molar-refractivity contribution in [3.05, 3.63) is 65.2 Å². The van der Waals surface area contributed by atoms with E-state index in [1.807, 2.05) is 6.07 Å². The van der Waals surface area contributed by atoms with Gasteiger partial charge in [-0.1, -0.05) is 18.2 Å². The van der Waals surface area contributed by atoms with Crippen molar-refractivity contribution < 1.29 is 14.7 Å². The molecule has 2 aromatic rings. The predicted molar refractivity (Wildman–Crippen MR) is 79.7 cm³/mol. The van der Waals surface area contributed by atoms with Gasteiger partial charge in [-0.25, -0.2) is 0 Å². The van der Waals surface area contributed by atoms with Crippen molar-refractivity contribution in [2.24, 2.45) is 0 Å². The lowest BCUT2D eigenvalue weighted by Crippen LogP contribution is -2.42. The van der Waals surface area contributed by atoms with Crippen LogP contribution in [-0.2, 0) is 4.79 Å². The number of fused-ring (bicyclic) bond motifs is 1. The molecule has 22 heavy (non-hydrogen) atoms. The number of benzene rings is 2. The molecule has 0 saturated carbocycles. The highest BCUT2D eigenvalue weighted by molar-refractivity contribution is 6.10. The van der Waals surface area contributed by atoms with Gasteiger partial charge in [-0.3, -0.25) is 9.59 Å². The summed E-state index contributed by atoms with van der Waals surface area (Å²) >= 11 is 0. The van der Waals surface area contributed by atoms with E-state index in [1.54, 1.807) is 48.5 Å². The van der Waals surface area contributed by atoms with Crippen LogP contribution in [0.15, 0.2) is 48.5 Å². The molecule has 1 heterocycles. The number of carboxylic acids is 1. The first-order valence-electron chi connectivity index (χ1n) is 6.75. The van der Waals surface area contributed by atoms with Crippen LogP contribution in [-0.4, -0.2) is 23.5 Å². The number of aliphatic carboxylic acids is 1. The molecular formula is C17H12N2O3. The van der Waals surface area contributed by atoms with E-state index < -0.39 is 11.9 Å². The standard InChI is InChI=1S/C17H12N2O3/c18-9-11-5-7-12(8-6-11)19-10-15(17(21)22)13-3-1-2-4-14(13)16(19)20/h1-8,15H,10H2,(H,21,22). The van der Waals surface area contributed by atoms with Crippen molar-refractivity contribution in [2.75, 3.05) is 11.4 Å². The number of carbonyl (C=O) groups excluding carboxylic acids is 1. The molecular weight excluding hydrogens is 280 g/mol. The molecule has 2 aromatic carbocycles. The van der Waals surface area contributed by atoms with Crippen LogP contribution in [0.2, 0.25) is 0 Å². The fourth-order valence-corrected chi connectivity index (χ4v) is 2.65. The zero-order valence-corrected chi connectivity index (χ0v) is 11.6. The number of amides is 1. The minimum Gasteiger partial charge on any atom is -0.481 e. The van der Waals surface area contributed by atoms with Gasteiger partial charge < -0.3 is 10.0 Å². The predicted octanol–water partition coefficient (Wildman–Crippen LogP) is 2.39. The minimum absolute atomic E-state index is 0.0804. The van der Waals surface area contributed by atoms with Gasteiger partial charge in [0.1, 0.15) is 5.92 Å². The Morgan fingerprint density at radius 3 is 2.50 bits per heavy atom. The summed E-state index contributed by atoms with van der Waals surface area (Å²) in [6.45, 7) is 0.0804. The Hall–Kier alpha value is -3.13. The van der Waals surface area contributed by atoms with Crippen LogP contribution in [0.3, 0.4) is 0 Å². The van der Waals surface area contributed by atoms with Gasteiger partial charge >= 0.3 is 5.97 Å². The van der Waals surface area contributed by atoms with E-state index in [1.165, 1.54) is 4.90 Å². The van der Waals surface area contributed by atoms with E-state index in [9.17, 15) is 14.7 Å². The first kappa shape index (κ1) is 13.8. The van der Waals surface area contributed by atoms with Gasteiger partial charge in [0.2, 0.25) is 0 Å². The normalized spacial score (nSPS) is 16.8. The zero-order chi connectivity index (χ0) is 15.7. The van der Waals surface area contributed by atoms with Gasteiger partial charge in [-0.05, 0) is 35.9 Å². The Bertz CT molecular complexity index is 790. The highest BCUT2D eigenvalue weighted by atomic mass is 16.4. The Morgan fingerprint density at radius 1 is 1.18 bits per heavy atom. The van der Waals surface area contributed by atoms with Crippen LogP contribution >= 0.6 is 0 Å². The number of carbonyl (C=O) groups is 2. The van der Waals surface area contributed by atoms with Crippen molar-refractivity contribution in [1.29, 1.82) is 5.26 Å². The van der Waals surface area contributed by atoms with Crippen LogP contribution in [0.4, 0.5) is 5.69 Å². The lowest BCUT2D eigenvalue weighted by molar-refractivity contribution is -0.138. The Labute approximate surface area is 127 Å². The van der Waals surface area contributed by atoms with Crippen molar-refractivity contribution in [1.82, 2.24) is 0 Å². The number of rotatable bonds is 2. The van der Waals surface area contributed by atoms with Crippen LogP contribution in [0.25, 0.3) is 0 Å². The molecule has 1 atom stereocenters. The number of hydrogen-bond acceptors (Lipinski definition) is 3. The summed E-state index contributed by atoms with van der Waals surface area (Å²) in [6.07, 6.45) is 0. The molecule has 0 aliphatic carbocycles. The SMILES string of the molecule is N#Cc1ccc(N2CC(C(=O)O)c3ccccc3C2=O)cc1. The molecule has 0 bridgehead atoms. The van der Waals surface area contributed by atoms with Gasteiger partial charge in [-0.2, -0.15) is 5.26 Å². The molecule has 1 aliphatic rings. The van der Waals surface area contributed by atoms with Gasteiger partial charge in [0.25, 0.3) is 5.91 Å². The lowest BCUT2D eigenvalue weighted by Gasteiger charge is -2.32. The fourth-order valence-electron chi connectivity index (χ4n) is 2.65. The molecule has 1 N–H and O–H groups in total. The minimum atomic E-state index is -0.960. The van der Waals surface area contributed by atoms with E-state index in [-0.39, 0.29) is 12.5 Å².